The molecule has 0 atom stereocenters. The van der Waals surface area contributed by atoms with Gasteiger partial charge in [-0.3, -0.25) is 9.10 Å². The largest absolute Gasteiger partial charge is 0.349 e. The summed E-state index contributed by atoms with van der Waals surface area (Å²) >= 11 is 1.44. The zero-order valence-electron chi connectivity index (χ0n) is 13.9. The van der Waals surface area contributed by atoms with Crippen molar-refractivity contribution in [2.24, 2.45) is 0 Å². The number of carbonyl (C=O) groups excluding carboxylic acids is 1. The molecule has 7 heteroatoms. The summed E-state index contributed by atoms with van der Waals surface area (Å²) in [6.45, 7) is 0. The molecule has 1 aliphatic rings. The monoisotopic (exact) mass is 366 g/mol. The van der Waals surface area contributed by atoms with Crippen molar-refractivity contribution in [1.29, 1.82) is 0 Å². The summed E-state index contributed by atoms with van der Waals surface area (Å²) in [7, 11) is -1.77. The minimum Gasteiger partial charge on any atom is -0.349 e. The van der Waals surface area contributed by atoms with Crippen molar-refractivity contribution in [2.75, 3.05) is 17.6 Å². The van der Waals surface area contributed by atoms with Crippen LogP contribution in [0.15, 0.2) is 24.3 Å². The fraction of sp³-hybridized carbons (Fsp3) is 0.471. The molecule has 0 saturated heterocycles. The number of anilines is 1. The van der Waals surface area contributed by atoms with Crippen molar-refractivity contribution in [1.82, 2.24) is 5.32 Å². The van der Waals surface area contributed by atoms with Crippen LogP contribution < -0.4 is 9.62 Å². The molecule has 1 N–H and O–H groups in total. The van der Waals surface area contributed by atoms with Crippen LogP contribution in [-0.4, -0.2) is 33.7 Å². The van der Waals surface area contributed by atoms with Crippen molar-refractivity contribution < 1.29 is 13.2 Å². The maximum atomic E-state index is 12.5. The third-order valence-electron chi connectivity index (χ3n) is 4.53. The van der Waals surface area contributed by atoms with E-state index in [0.717, 1.165) is 22.9 Å². The standard InChI is InChI=1S/C17H22N2O3S2/c1-19(24(2,21)22)14-8-9-15-12(10-14)11-16(23-15)17(20)18-13-6-4-3-5-7-13/h8-11,13H,3-7H2,1-2H3,(H,18,20). The molecular weight excluding hydrogens is 344 g/mol. The molecular formula is C17H22N2O3S2. The molecule has 1 aliphatic carbocycles. The number of hydrogen-bond donors (Lipinski definition) is 1. The number of benzene rings is 1. The van der Waals surface area contributed by atoms with Gasteiger partial charge in [-0.15, -0.1) is 11.3 Å². The van der Waals surface area contributed by atoms with Gasteiger partial charge < -0.3 is 5.32 Å². The fourth-order valence-electron chi connectivity index (χ4n) is 3.03. The fourth-order valence-corrected chi connectivity index (χ4v) is 4.48. The molecule has 0 radical (unpaired) electrons. The molecule has 0 bridgehead atoms. The number of nitrogens with one attached hydrogen (secondary N) is 1. The lowest BCUT2D eigenvalue weighted by Crippen LogP contribution is -2.35. The Morgan fingerprint density at radius 2 is 1.92 bits per heavy atom. The van der Waals surface area contributed by atoms with E-state index in [9.17, 15) is 13.2 Å². The lowest BCUT2D eigenvalue weighted by Gasteiger charge is -2.22. The van der Waals surface area contributed by atoms with E-state index in [1.54, 1.807) is 6.07 Å². The second-order valence-corrected chi connectivity index (χ2v) is 9.47. The Hall–Kier alpha value is -1.60. The summed E-state index contributed by atoms with van der Waals surface area (Å²) in [6, 6.07) is 7.57. The Morgan fingerprint density at radius 1 is 1.21 bits per heavy atom. The molecule has 1 saturated carbocycles. The summed E-state index contributed by atoms with van der Waals surface area (Å²) in [6.07, 6.45) is 6.90. The first-order valence-corrected chi connectivity index (χ1v) is 10.8. The summed E-state index contributed by atoms with van der Waals surface area (Å²) in [5.74, 6) is -0.0267. The van der Waals surface area contributed by atoms with E-state index in [-0.39, 0.29) is 11.9 Å². The highest BCUT2D eigenvalue weighted by Crippen LogP contribution is 2.30. The number of carbonyl (C=O) groups is 1. The summed E-state index contributed by atoms with van der Waals surface area (Å²) in [5.41, 5.74) is 0.599. The smallest absolute Gasteiger partial charge is 0.261 e. The van der Waals surface area contributed by atoms with Crippen LogP contribution in [-0.2, 0) is 10.0 Å². The molecule has 1 amide bonds. The first-order chi connectivity index (χ1) is 11.3. The Bertz CT molecular complexity index is 852. The van der Waals surface area contributed by atoms with Gasteiger partial charge in [-0.1, -0.05) is 19.3 Å². The third-order valence-corrected chi connectivity index (χ3v) is 6.85. The maximum absolute atomic E-state index is 12.5. The average Bonchev–Trinajstić information content (AvgIpc) is 2.97. The number of sulfonamides is 1. The van der Waals surface area contributed by atoms with E-state index >= 15 is 0 Å². The predicted molar refractivity (Wildman–Crippen MR) is 99.4 cm³/mol. The van der Waals surface area contributed by atoms with Crippen LogP contribution in [0, 0.1) is 0 Å². The number of fused-ring (bicyclic) bond motifs is 1. The molecule has 0 aliphatic heterocycles. The molecule has 1 aromatic heterocycles. The van der Waals surface area contributed by atoms with E-state index in [0.29, 0.717) is 10.6 Å². The quantitative estimate of drug-likeness (QED) is 0.902. The van der Waals surface area contributed by atoms with Crippen LogP contribution in [0.2, 0.25) is 0 Å². The van der Waals surface area contributed by atoms with Gasteiger partial charge in [0.25, 0.3) is 5.91 Å². The number of thiophene rings is 1. The molecule has 24 heavy (non-hydrogen) atoms. The second-order valence-electron chi connectivity index (χ2n) is 6.37. The van der Waals surface area contributed by atoms with Crippen molar-refractivity contribution in [3.63, 3.8) is 0 Å². The average molecular weight is 367 g/mol. The highest BCUT2D eigenvalue weighted by atomic mass is 32.2. The normalized spacial score (nSPS) is 16.2. The van der Waals surface area contributed by atoms with E-state index in [2.05, 4.69) is 5.32 Å². The van der Waals surface area contributed by atoms with Crippen molar-refractivity contribution in [2.45, 2.75) is 38.1 Å². The van der Waals surface area contributed by atoms with Crippen LogP contribution in [0.3, 0.4) is 0 Å². The Morgan fingerprint density at radius 3 is 2.58 bits per heavy atom. The second kappa shape index (κ2) is 6.72. The van der Waals surface area contributed by atoms with Gasteiger partial charge in [-0.25, -0.2) is 8.42 Å². The summed E-state index contributed by atoms with van der Waals surface area (Å²) in [4.78, 5) is 13.1. The number of hydrogen-bond acceptors (Lipinski definition) is 4. The summed E-state index contributed by atoms with van der Waals surface area (Å²) in [5, 5.41) is 4.01. The summed E-state index contributed by atoms with van der Waals surface area (Å²) < 4.78 is 25.6. The molecule has 0 unspecified atom stereocenters. The van der Waals surface area contributed by atoms with Crippen LogP contribution in [0.25, 0.3) is 10.1 Å². The van der Waals surface area contributed by atoms with Crippen molar-refractivity contribution in [3.8, 4) is 0 Å². The molecule has 3 rings (SSSR count). The lowest BCUT2D eigenvalue weighted by atomic mass is 9.95. The molecule has 1 aromatic carbocycles. The molecule has 5 nitrogen and oxygen atoms in total. The predicted octanol–water partition coefficient (Wildman–Crippen LogP) is 3.36. The van der Waals surface area contributed by atoms with Gasteiger partial charge in [0.1, 0.15) is 0 Å². The van der Waals surface area contributed by atoms with E-state index in [1.807, 2.05) is 18.2 Å². The Labute approximate surface area is 146 Å². The van der Waals surface area contributed by atoms with Gasteiger partial charge in [0.15, 0.2) is 0 Å². The van der Waals surface area contributed by atoms with Gasteiger partial charge in [0, 0.05) is 17.8 Å². The van der Waals surface area contributed by atoms with E-state index in [4.69, 9.17) is 0 Å². The molecule has 130 valence electrons. The van der Waals surface area contributed by atoms with Gasteiger partial charge in [0.2, 0.25) is 10.0 Å². The topological polar surface area (TPSA) is 66.5 Å². The maximum Gasteiger partial charge on any atom is 0.261 e. The number of rotatable bonds is 4. The van der Waals surface area contributed by atoms with E-state index in [1.165, 1.54) is 48.2 Å². The van der Waals surface area contributed by atoms with Crippen LogP contribution in [0.5, 0.6) is 0 Å². The van der Waals surface area contributed by atoms with Crippen molar-refractivity contribution in [3.05, 3.63) is 29.1 Å². The van der Waals surface area contributed by atoms with Gasteiger partial charge in [-0.2, -0.15) is 0 Å². The van der Waals surface area contributed by atoms with Crippen LogP contribution in [0.1, 0.15) is 41.8 Å². The minimum atomic E-state index is -3.30. The van der Waals surface area contributed by atoms with Crippen molar-refractivity contribution >= 4 is 43.0 Å². The third kappa shape index (κ3) is 3.72. The van der Waals surface area contributed by atoms with Gasteiger partial charge >= 0.3 is 0 Å². The highest BCUT2D eigenvalue weighted by Gasteiger charge is 2.19. The molecule has 2 aromatic rings. The Balaban J connectivity index is 1.81. The van der Waals surface area contributed by atoms with E-state index < -0.39 is 10.0 Å². The number of amides is 1. The molecule has 0 spiro atoms. The zero-order valence-corrected chi connectivity index (χ0v) is 15.5. The first kappa shape index (κ1) is 17.2. The molecule has 1 heterocycles. The highest BCUT2D eigenvalue weighted by molar-refractivity contribution is 7.92. The van der Waals surface area contributed by atoms with Crippen LogP contribution in [0.4, 0.5) is 5.69 Å². The number of nitrogens with zero attached hydrogens (tertiary/aromatic N) is 1. The molecule has 1 fully saturated rings. The lowest BCUT2D eigenvalue weighted by molar-refractivity contribution is 0.0932. The minimum absolute atomic E-state index is 0.0267. The van der Waals surface area contributed by atoms with Gasteiger partial charge in [0.05, 0.1) is 16.8 Å². The Kier molecular flexibility index (Phi) is 4.83. The first-order valence-electron chi connectivity index (χ1n) is 8.13. The zero-order chi connectivity index (χ0) is 17.3. The van der Waals surface area contributed by atoms with Crippen LogP contribution >= 0.6 is 11.3 Å². The van der Waals surface area contributed by atoms with Gasteiger partial charge in [-0.05, 0) is 42.5 Å². The SMILES string of the molecule is CN(c1ccc2sc(C(=O)NC3CCCCC3)cc2c1)S(C)(=O)=O.